The summed E-state index contributed by atoms with van der Waals surface area (Å²) in [4.78, 5) is 62.4. The zero-order chi connectivity index (χ0) is 38.8. The summed E-state index contributed by atoms with van der Waals surface area (Å²) in [5, 5.41) is 10.8. The van der Waals surface area contributed by atoms with E-state index in [1.807, 2.05) is 83.1 Å². The lowest BCUT2D eigenvalue weighted by Crippen LogP contribution is -2.59. The predicted molar refractivity (Wildman–Crippen MR) is 208 cm³/mol. The van der Waals surface area contributed by atoms with Crippen LogP contribution in [0.3, 0.4) is 0 Å². The molecule has 53 heavy (non-hydrogen) atoms. The van der Waals surface area contributed by atoms with Crippen molar-refractivity contribution in [3.8, 4) is 0 Å². The molecule has 0 radical (unpaired) electrons. The summed E-state index contributed by atoms with van der Waals surface area (Å²) < 4.78 is 13.2. The van der Waals surface area contributed by atoms with Gasteiger partial charge in [0.25, 0.3) is 5.91 Å². The van der Waals surface area contributed by atoms with Gasteiger partial charge >= 0.3 is 5.97 Å². The van der Waals surface area contributed by atoms with Crippen LogP contribution >= 0.6 is 15.9 Å². The molecule has 9 atom stereocenters. The molecular weight excluding hydrogens is 738 g/mol. The normalized spacial score (nSPS) is 26.2. The first kappa shape index (κ1) is 40.4. The number of benzene rings is 2. The lowest BCUT2D eigenvalue weighted by atomic mass is 9.70. The molecule has 1 N–H and O–H groups in total. The Morgan fingerprint density at radius 1 is 1.08 bits per heavy atom. The van der Waals surface area contributed by atoms with Crippen molar-refractivity contribution in [3.63, 3.8) is 0 Å². The Bertz CT molecular complexity index is 1680. The number of hydrogen-bond donors (Lipinski definition) is 1. The molecule has 3 aliphatic heterocycles. The van der Waals surface area contributed by atoms with E-state index in [1.54, 1.807) is 29.0 Å². The maximum absolute atomic E-state index is 15.2. The summed E-state index contributed by atoms with van der Waals surface area (Å²) in [7, 11) is 1.69. The number of carbonyl (C=O) groups excluding carboxylic acids is 4. The molecule has 0 aliphatic carbocycles. The van der Waals surface area contributed by atoms with Crippen LogP contribution in [0.15, 0.2) is 73.8 Å². The van der Waals surface area contributed by atoms with Gasteiger partial charge in [-0.2, -0.15) is 0 Å². The zero-order valence-electron chi connectivity index (χ0n) is 31.7. The average molecular weight is 793 g/mol. The fraction of sp³-hybridized carbons (Fsp3) is 0.524. The molecule has 1 spiro atoms. The van der Waals surface area contributed by atoms with Crippen LogP contribution in [0.4, 0.5) is 5.69 Å². The third-order valence-corrected chi connectivity index (χ3v) is 12.1. The lowest BCUT2D eigenvalue weighted by molar-refractivity contribution is -0.165. The number of halogens is 1. The van der Waals surface area contributed by atoms with Crippen molar-refractivity contribution < 1.29 is 33.8 Å². The Kier molecular flexibility index (Phi) is 12.7. The lowest BCUT2D eigenvalue weighted by Gasteiger charge is -2.40. The number of carbonyl (C=O) groups is 4. The molecule has 11 heteroatoms. The van der Waals surface area contributed by atoms with E-state index in [1.165, 1.54) is 4.90 Å². The number of aliphatic hydroxyl groups is 1. The van der Waals surface area contributed by atoms with Crippen molar-refractivity contribution in [2.75, 3.05) is 25.1 Å². The maximum atomic E-state index is 15.2. The molecule has 3 saturated heterocycles. The second-order valence-corrected chi connectivity index (χ2v) is 16.4. The number of aliphatic hydroxyl groups excluding tert-OH is 1. The number of fused-ring (bicyclic) bond motifs is 1. The minimum atomic E-state index is -1.37. The molecule has 2 aromatic rings. The first-order chi connectivity index (χ1) is 25.2. The van der Waals surface area contributed by atoms with Crippen molar-refractivity contribution in [3.05, 3.63) is 90.5 Å². The molecule has 3 fully saturated rings. The Morgan fingerprint density at radius 2 is 1.74 bits per heavy atom. The standard InChI is InChI=1S/C42H54BrN3O7/c1-9-11-20-32(48)44(8)28(7)36(29-18-13-12-14-19-29)52-41(51)33-34-39(49)46(30(24-47)22-25(3)4)38(42(34)23-31(43)37(33)53-42)40(50)45(21-10-2)35-26(5)16-15-17-27(35)6/h9-10,12-19,25,28,30-31,33-34,36-38,47H,1-2,11,20-24H2,3-8H3/t28-,30+,31?,33+,34-,36+,37+,38+,42-/m0/s1. The predicted octanol–water partition coefficient (Wildman–Crippen LogP) is 6.08. The highest BCUT2D eigenvalue weighted by Crippen LogP contribution is 2.61. The molecular formula is C42H54BrN3O7. The zero-order valence-corrected chi connectivity index (χ0v) is 33.3. The van der Waals surface area contributed by atoms with Crippen LogP contribution < -0.4 is 4.90 Å². The van der Waals surface area contributed by atoms with Crippen molar-refractivity contribution >= 4 is 45.3 Å². The molecule has 0 aromatic heterocycles. The van der Waals surface area contributed by atoms with Gasteiger partial charge in [-0.25, -0.2) is 0 Å². The largest absolute Gasteiger partial charge is 0.455 e. The monoisotopic (exact) mass is 791 g/mol. The van der Waals surface area contributed by atoms with Gasteiger partial charge in [0.1, 0.15) is 17.7 Å². The van der Waals surface area contributed by atoms with Gasteiger partial charge in [-0.15, -0.1) is 13.2 Å². The van der Waals surface area contributed by atoms with Crippen molar-refractivity contribution in [1.29, 1.82) is 0 Å². The third kappa shape index (κ3) is 7.49. The summed E-state index contributed by atoms with van der Waals surface area (Å²) in [5.74, 6) is -3.51. The number of anilines is 1. The van der Waals surface area contributed by atoms with Crippen LogP contribution in [-0.4, -0.2) is 93.5 Å². The summed E-state index contributed by atoms with van der Waals surface area (Å²) in [6.45, 7) is 17.2. The summed E-state index contributed by atoms with van der Waals surface area (Å²) in [6.07, 6.45) is 3.26. The fourth-order valence-corrected chi connectivity index (χ4v) is 9.70. The van der Waals surface area contributed by atoms with E-state index < -0.39 is 59.6 Å². The highest BCUT2D eigenvalue weighted by molar-refractivity contribution is 9.09. The minimum absolute atomic E-state index is 0.0951. The van der Waals surface area contributed by atoms with Gasteiger partial charge in [0, 0.05) is 30.5 Å². The SMILES string of the molecule is C=CCCC(=O)N(C)[C@@H](C)[C@@H](OC(=O)[C@H]1[C@@H]2O[C@@]3(CC2Br)[C@@H]1C(=O)N([C@@H](CO)CC(C)C)[C@@H]3C(=O)N(CC=C)c1c(C)cccc1C)c1ccccc1. The van der Waals surface area contributed by atoms with Crippen LogP contribution in [0.1, 0.15) is 69.2 Å². The van der Waals surface area contributed by atoms with E-state index in [4.69, 9.17) is 9.47 Å². The third-order valence-electron chi connectivity index (χ3n) is 11.2. The Hall–Kier alpha value is -3.80. The van der Waals surface area contributed by atoms with E-state index in [2.05, 4.69) is 29.1 Å². The van der Waals surface area contributed by atoms with Crippen LogP contribution in [0.2, 0.25) is 0 Å². The molecule has 3 amide bonds. The number of ether oxygens (including phenoxy) is 2. The first-order valence-corrected chi connectivity index (χ1v) is 19.5. The number of likely N-dealkylation sites (tertiary alicyclic amines) is 1. The second kappa shape index (κ2) is 16.7. The van der Waals surface area contributed by atoms with E-state index in [0.717, 1.165) is 16.8 Å². The van der Waals surface area contributed by atoms with Crippen molar-refractivity contribution in [2.24, 2.45) is 17.8 Å². The minimum Gasteiger partial charge on any atom is -0.455 e. The van der Waals surface area contributed by atoms with E-state index in [-0.39, 0.29) is 42.1 Å². The Morgan fingerprint density at radius 3 is 2.32 bits per heavy atom. The number of hydrogen-bond acceptors (Lipinski definition) is 7. The molecule has 3 heterocycles. The van der Waals surface area contributed by atoms with Gasteiger partial charge < -0.3 is 29.3 Å². The highest BCUT2D eigenvalue weighted by Gasteiger charge is 2.77. The molecule has 0 saturated carbocycles. The molecule has 2 bridgehead atoms. The van der Waals surface area contributed by atoms with E-state index in [9.17, 15) is 19.5 Å². The van der Waals surface area contributed by atoms with Gasteiger partial charge in [0.05, 0.1) is 36.6 Å². The molecule has 3 aliphatic rings. The summed E-state index contributed by atoms with van der Waals surface area (Å²) in [6, 6.07) is 12.7. The quantitative estimate of drug-likeness (QED) is 0.125. The second-order valence-electron chi connectivity index (χ2n) is 15.2. The van der Waals surface area contributed by atoms with E-state index in [0.29, 0.717) is 24.8 Å². The summed E-state index contributed by atoms with van der Waals surface area (Å²) >= 11 is 3.77. The molecule has 5 rings (SSSR count). The van der Waals surface area contributed by atoms with Crippen LogP contribution in [0, 0.1) is 31.6 Å². The Balaban J connectivity index is 1.58. The van der Waals surface area contributed by atoms with E-state index >= 15 is 4.79 Å². The number of allylic oxidation sites excluding steroid dienone is 1. The number of aryl methyl sites for hydroxylation is 2. The highest BCUT2D eigenvalue weighted by atomic mass is 79.9. The maximum Gasteiger partial charge on any atom is 0.313 e. The van der Waals surface area contributed by atoms with Gasteiger partial charge in [-0.1, -0.05) is 90.5 Å². The van der Waals surface area contributed by atoms with Crippen molar-refractivity contribution in [2.45, 2.75) is 101 Å². The smallest absolute Gasteiger partial charge is 0.313 e. The number of rotatable bonds is 16. The number of esters is 1. The van der Waals surface area contributed by atoms with Crippen LogP contribution in [0.5, 0.6) is 0 Å². The topological polar surface area (TPSA) is 117 Å². The fourth-order valence-electron chi connectivity index (χ4n) is 8.75. The molecule has 2 aromatic carbocycles. The van der Waals surface area contributed by atoms with Crippen molar-refractivity contribution in [1.82, 2.24) is 9.80 Å². The Labute approximate surface area is 322 Å². The number of nitrogens with zero attached hydrogens (tertiary/aromatic N) is 3. The average Bonchev–Trinajstić information content (AvgIpc) is 3.73. The number of alkyl halides is 1. The van der Waals surface area contributed by atoms with Gasteiger partial charge in [0.15, 0.2) is 0 Å². The number of para-hydroxylation sites is 1. The van der Waals surface area contributed by atoms with Gasteiger partial charge in [-0.3, -0.25) is 19.2 Å². The number of likely N-dealkylation sites (N-methyl/N-ethyl adjacent to an activating group) is 1. The van der Waals surface area contributed by atoms with Gasteiger partial charge in [-0.05, 0) is 62.6 Å². The molecule has 286 valence electrons. The summed E-state index contributed by atoms with van der Waals surface area (Å²) in [5.41, 5.74) is 1.82. The van der Waals surface area contributed by atoms with Crippen LogP contribution in [-0.2, 0) is 28.7 Å². The molecule has 10 nitrogen and oxygen atoms in total. The van der Waals surface area contributed by atoms with Crippen LogP contribution in [0.25, 0.3) is 0 Å². The molecule has 1 unspecified atom stereocenters. The first-order valence-electron chi connectivity index (χ1n) is 18.6. The van der Waals surface area contributed by atoms with Gasteiger partial charge in [0.2, 0.25) is 11.8 Å². The number of amides is 3.